The zero-order valence-corrected chi connectivity index (χ0v) is 20.7. The predicted molar refractivity (Wildman–Crippen MR) is 131 cm³/mol. The van der Waals surface area contributed by atoms with Gasteiger partial charge >= 0.3 is 0 Å². The van der Waals surface area contributed by atoms with E-state index in [0.29, 0.717) is 30.9 Å². The van der Waals surface area contributed by atoms with Gasteiger partial charge in [-0.25, -0.2) is 13.1 Å². The number of sulfonamides is 1. The number of fused-ring (bicyclic) bond motifs is 1. The fourth-order valence-electron chi connectivity index (χ4n) is 5.21. The van der Waals surface area contributed by atoms with Crippen LogP contribution in [0.25, 0.3) is 0 Å². The van der Waals surface area contributed by atoms with Crippen LogP contribution in [0.5, 0.6) is 0 Å². The summed E-state index contributed by atoms with van der Waals surface area (Å²) < 4.78 is 35.6. The largest absolute Gasteiger partial charge is 0.376 e. The van der Waals surface area contributed by atoms with Crippen molar-refractivity contribution in [2.24, 2.45) is 0 Å². The molecule has 1 aromatic heterocycles. The van der Waals surface area contributed by atoms with Gasteiger partial charge in [-0.3, -0.25) is 4.79 Å². The summed E-state index contributed by atoms with van der Waals surface area (Å²) in [6.07, 6.45) is 5.60. The van der Waals surface area contributed by atoms with E-state index in [4.69, 9.17) is 4.74 Å². The highest BCUT2D eigenvalue weighted by atomic mass is 32.2. The number of rotatable bonds is 7. The molecule has 1 aromatic carbocycles. The van der Waals surface area contributed by atoms with Gasteiger partial charge in [0.2, 0.25) is 10.0 Å². The molecule has 0 bridgehead atoms. The van der Waals surface area contributed by atoms with Crippen LogP contribution < -0.4 is 10.3 Å². The van der Waals surface area contributed by atoms with E-state index in [-0.39, 0.29) is 29.5 Å². The minimum absolute atomic E-state index is 0.0235. The van der Waals surface area contributed by atoms with E-state index in [1.54, 1.807) is 18.4 Å². The van der Waals surface area contributed by atoms with Crippen LogP contribution in [0.3, 0.4) is 0 Å². The van der Waals surface area contributed by atoms with Crippen LogP contribution in [0.4, 0.5) is 0 Å². The number of nitrogens with zero attached hydrogens (tertiary/aromatic N) is 1. The quantitative estimate of drug-likeness (QED) is 0.661. The van der Waals surface area contributed by atoms with Crippen molar-refractivity contribution in [1.29, 1.82) is 0 Å². The lowest BCUT2D eigenvalue weighted by atomic mass is 9.82. The highest BCUT2D eigenvalue weighted by Crippen LogP contribution is 2.35. The lowest BCUT2D eigenvalue weighted by molar-refractivity contribution is -0.00169. The lowest BCUT2D eigenvalue weighted by Crippen LogP contribution is -2.50. The van der Waals surface area contributed by atoms with Crippen LogP contribution in [-0.2, 0) is 21.2 Å². The van der Waals surface area contributed by atoms with E-state index >= 15 is 0 Å². The first-order valence-corrected chi connectivity index (χ1v) is 13.8. The fraction of sp³-hybridized carbons (Fsp3) is 0.577. The molecule has 2 heterocycles. The van der Waals surface area contributed by atoms with Gasteiger partial charge in [0.05, 0.1) is 24.5 Å². The van der Waals surface area contributed by atoms with Crippen LogP contribution in [0, 0.1) is 13.8 Å². The third-order valence-electron chi connectivity index (χ3n) is 7.34. The van der Waals surface area contributed by atoms with Gasteiger partial charge in [-0.05, 0) is 76.8 Å². The third kappa shape index (κ3) is 5.58. The van der Waals surface area contributed by atoms with Crippen LogP contribution in [0.1, 0.15) is 73.4 Å². The van der Waals surface area contributed by atoms with Gasteiger partial charge < -0.3 is 9.30 Å². The number of ether oxygens (including phenoxy) is 1. The minimum Gasteiger partial charge on any atom is -0.376 e. The van der Waals surface area contributed by atoms with Gasteiger partial charge in [0.1, 0.15) is 0 Å². The molecule has 33 heavy (non-hydrogen) atoms. The smallest absolute Gasteiger partial charge is 0.254 e. The van der Waals surface area contributed by atoms with Crippen molar-refractivity contribution in [3.05, 3.63) is 69.1 Å². The van der Waals surface area contributed by atoms with Gasteiger partial charge in [-0.1, -0.05) is 35.9 Å². The second kappa shape index (κ2) is 10.1. The van der Waals surface area contributed by atoms with Gasteiger partial charge in [0.25, 0.3) is 5.56 Å². The Morgan fingerprint density at radius 1 is 1.00 bits per heavy atom. The fourth-order valence-corrected chi connectivity index (χ4v) is 6.12. The maximum absolute atomic E-state index is 13.0. The summed E-state index contributed by atoms with van der Waals surface area (Å²) in [6, 6.07) is 12.0. The van der Waals surface area contributed by atoms with Crippen molar-refractivity contribution < 1.29 is 13.2 Å². The number of pyridine rings is 1. The lowest BCUT2D eigenvalue weighted by Gasteiger charge is -2.37. The molecule has 6 nitrogen and oxygen atoms in total. The number of benzene rings is 1. The van der Waals surface area contributed by atoms with Crippen molar-refractivity contribution in [3.63, 3.8) is 0 Å². The summed E-state index contributed by atoms with van der Waals surface area (Å²) in [4.78, 5) is 13.0. The molecule has 2 aromatic rings. The first-order chi connectivity index (χ1) is 15.8. The molecule has 0 unspecified atom stereocenters. The summed E-state index contributed by atoms with van der Waals surface area (Å²) in [7, 11) is -3.38. The van der Waals surface area contributed by atoms with Gasteiger partial charge in [0, 0.05) is 17.3 Å². The number of nitrogens with one attached hydrogen (secondary N) is 1. The Hall–Kier alpha value is -1.96. The highest BCUT2D eigenvalue weighted by Gasteiger charge is 2.34. The Bertz CT molecular complexity index is 1120. The third-order valence-corrected chi connectivity index (χ3v) is 8.76. The standard InChI is InChI=1S/C26H36N2O4S/c1-4-33(30,31)27-24-16-13-22-12-7-19(3)26(29)28(22)25(24)17-32-23-14-10-21(11-15-23)20-8-5-18(2)6-9-20/h5-9,12,21,23-25,27H,4,10-11,13-17H2,1-3H3/t21?,23?,24-,25-/m0/s1. The molecule has 0 radical (unpaired) electrons. The van der Waals surface area contributed by atoms with E-state index in [1.165, 1.54) is 11.1 Å². The summed E-state index contributed by atoms with van der Waals surface area (Å²) in [5.74, 6) is 0.589. The van der Waals surface area contributed by atoms with Gasteiger partial charge in [0.15, 0.2) is 0 Å². The van der Waals surface area contributed by atoms with Crippen LogP contribution in [0.2, 0.25) is 0 Å². The molecule has 1 aliphatic heterocycles. The van der Waals surface area contributed by atoms with Crippen molar-refractivity contribution in [1.82, 2.24) is 9.29 Å². The van der Waals surface area contributed by atoms with Gasteiger partial charge in [-0.2, -0.15) is 0 Å². The molecule has 0 saturated heterocycles. The number of hydrogen-bond donors (Lipinski definition) is 1. The second-order valence-electron chi connectivity index (χ2n) is 9.63. The van der Waals surface area contributed by atoms with Crippen LogP contribution in [-0.4, -0.2) is 37.5 Å². The molecule has 180 valence electrons. The molecule has 4 rings (SSSR count). The zero-order valence-electron chi connectivity index (χ0n) is 19.9. The van der Waals surface area contributed by atoms with E-state index in [9.17, 15) is 13.2 Å². The van der Waals surface area contributed by atoms with Crippen LogP contribution >= 0.6 is 0 Å². The van der Waals surface area contributed by atoms with Crippen molar-refractivity contribution in [3.8, 4) is 0 Å². The summed E-state index contributed by atoms with van der Waals surface area (Å²) in [5, 5.41) is 0. The molecule has 0 amide bonds. The maximum atomic E-state index is 13.0. The second-order valence-corrected chi connectivity index (χ2v) is 11.7. The number of aromatic nitrogens is 1. The SMILES string of the molecule is CCS(=O)(=O)N[C@H]1CCc2ccc(C)c(=O)n2[C@H]1COC1CCC(c2ccc(C)cc2)CC1. The topological polar surface area (TPSA) is 77.4 Å². The molecule has 0 spiro atoms. The van der Waals surface area contributed by atoms with Crippen LogP contribution in [0.15, 0.2) is 41.2 Å². The van der Waals surface area contributed by atoms with E-state index in [0.717, 1.165) is 31.4 Å². The summed E-state index contributed by atoms with van der Waals surface area (Å²) in [5.41, 5.74) is 4.25. The molecule has 1 N–H and O–H groups in total. The molecular formula is C26H36N2O4S. The Kier molecular flexibility index (Phi) is 7.41. The maximum Gasteiger partial charge on any atom is 0.254 e. The first-order valence-electron chi connectivity index (χ1n) is 12.2. The number of aryl methyl sites for hydroxylation is 3. The Morgan fingerprint density at radius 3 is 2.36 bits per heavy atom. The molecule has 1 saturated carbocycles. The monoisotopic (exact) mass is 472 g/mol. The number of hydrogen-bond acceptors (Lipinski definition) is 4. The normalized spacial score (nSPS) is 25.5. The molecule has 2 atom stereocenters. The van der Waals surface area contributed by atoms with Crippen molar-refractivity contribution in [2.45, 2.75) is 83.4 Å². The van der Waals surface area contributed by atoms with Crippen molar-refractivity contribution in [2.75, 3.05) is 12.4 Å². The van der Waals surface area contributed by atoms with E-state index < -0.39 is 10.0 Å². The Morgan fingerprint density at radius 2 is 1.70 bits per heavy atom. The predicted octanol–water partition coefficient (Wildman–Crippen LogP) is 4.00. The zero-order chi connectivity index (χ0) is 23.6. The van der Waals surface area contributed by atoms with E-state index in [1.807, 2.05) is 12.1 Å². The van der Waals surface area contributed by atoms with Crippen molar-refractivity contribution >= 4 is 10.0 Å². The average molecular weight is 473 g/mol. The first kappa shape index (κ1) is 24.2. The molecule has 7 heteroatoms. The Balaban J connectivity index is 1.46. The summed E-state index contributed by atoms with van der Waals surface area (Å²) >= 11 is 0. The molecular weight excluding hydrogens is 436 g/mol. The Labute approximate surface area is 197 Å². The molecule has 2 aliphatic rings. The average Bonchev–Trinajstić information content (AvgIpc) is 2.81. The molecule has 1 fully saturated rings. The molecule has 1 aliphatic carbocycles. The highest BCUT2D eigenvalue weighted by molar-refractivity contribution is 7.89. The minimum atomic E-state index is -3.38. The van der Waals surface area contributed by atoms with Gasteiger partial charge in [-0.15, -0.1) is 0 Å². The summed E-state index contributed by atoms with van der Waals surface area (Å²) in [6.45, 7) is 5.89. The van der Waals surface area contributed by atoms with E-state index in [2.05, 4.69) is 35.9 Å².